The van der Waals surface area contributed by atoms with Crippen LogP contribution >= 0.6 is 31.9 Å². The molecule has 0 aromatic heterocycles. The van der Waals surface area contributed by atoms with Crippen LogP contribution in [0.15, 0.2) is 106 Å². The fourth-order valence-electron chi connectivity index (χ4n) is 4.63. The highest BCUT2D eigenvalue weighted by atomic mass is 79.9. The van der Waals surface area contributed by atoms with Crippen molar-refractivity contribution >= 4 is 64.2 Å². The van der Waals surface area contributed by atoms with E-state index in [9.17, 15) is 0 Å². The highest BCUT2D eigenvalue weighted by Crippen LogP contribution is 2.44. The number of rotatable bonds is 2. The van der Waals surface area contributed by atoms with Crippen molar-refractivity contribution in [3.05, 3.63) is 106 Å². The summed E-state index contributed by atoms with van der Waals surface area (Å²) < 4.78 is 2.24. The fraction of sp³-hybridized carbons (Fsp3) is 0. The monoisotopic (exact) mass is 510 g/mol. The molecule has 0 aliphatic heterocycles. The second-order valence-electron chi connectivity index (χ2n) is 7.61. The zero-order chi connectivity index (χ0) is 20.2. The van der Waals surface area contributed by atoms with Crippen LogP contribution in [0.25, 0.3) is 54.6 Å². The van der Waals surface area contributed by atoms with Gasteiger partial charge in [-0.3, -0.25) is 0 Å². The van der Waals surface area contributed by atoms with E-state index in [4.69, 9.17) is 0 Å². The van der Waals surface area contributed by atoms with E-state index in [1.165, 1.54) is 54.6 Å². The van der Waals surface area contributed by atoms with Crippen molar-refractivity contribution in [1.82, 2.24) is 0 Å². The Morgan fingerprint density at radius 2 is 0.767 bits per heavy atom. The molecule has 2 heteroatoms. The summed E-state index contributed by atoms with van der Waals surface area (Å²) in [5.41, 5.74) is 4.97. The van der Waals surface area contributed by atoms with Gasteiger partial charge in [0, 0.05) is 8.95 Å². The van der Waals surface area contributed by atoms with Gasteiger partial charge in [-0.2, -0.15) is 0 Å². The fourth-order valence-corrected chi connectivity index (χ4v) is 5.63. The first-order chi connectivity index (χ1) is 14.7. The van der Waals surface area contributed by atoms with Crippen LogP contribution in [0, 0.1) is 0 Å². The number of hydrogen-bond donors (Lipinski definition) is 0. The van der Waals surface area contributed by atoms with Gasteiger partial charge in [0.05, 0.1) is 0 Å². The van der Waals surface area contributed by atoms with Crippen molar-refractivity contribution in [3.63, 3.8) is 0 Å². The number of halogens is 2. The van der Waals surface area contributed by atoms with Crippen LogP contribution in [0.3, 0.4) is 0 Å². The van der Waals surface area contributed by atoms with Crippen LogP contribution in [-0.2, 0) is 0 Å². The lowest BCUT2D eigenvalue weighted by Crippen LogP contribution is -1.90. The molecule has 0 fully saturated rings. The van der Waals surface area contributed by atoms with Gasteiger partial charge in [0.1, 0.15) is 0 Å². The van der Waals surface area contributed by atoms with E-state index in [0.717, 1.165) is 8.95 Å². The Bertz CT molecular complexity index is 1440. The Labute approximate surface area is 191 Å². The third kappa shape index (κ3) is 2.64. The highest BCUT2D eigenvalue weighted by molar-refractivity contribution is 9.11. The predicted octanol–water partition coefficient (Wildman–Crippen LogP) is 9.44. The second-order valence-corrected chi connectivity index (χ2v) is 9.32. The molecule has 6 aromatic carbocycles. The van der Waals surface area contributed by atoms with Gasteiger partial charge in [0.25, 0.3) is 0 Å². The Balaban J connectivity index is 1.76. The van der Waals surface area contributed by atoms with Crippen molar-refractivity contribution in [2.45, 2.75) is 0 Å². The van der Waals surface area contributed by atoms with Crippen LogP contribution < -0.4 is 0 Å². The minimum absolute atomic E-state index is 1.12. The molecular formula is C28H16Br2. The Hall–Kier alpha value is -2.68. The third-order valence-corrected chi connectivity index (χ3v) is 7.38. The molecule has 142 valence electrons. The van der Waals surface area contributed by atoms with Gasteiger partial charge < -0.3 is 0 Å². The van der Waals surface area contributed by atoms with Gasteiger partial charge in [-0.1, -0.05) is 117 Å². The summed E-state index contributed by atoms with van der Waals surface area (Å²) in [7, 11) is 0. The topological polar surface area (TPSA) is 0 Å². The van der Waals surface area contributed by atoms with Crippen molar-refractivity contribution in [3.8, 4) is 22.3 Å². The van der Waals surface area contributed by atoms with Crippen LogP contribution in [-0.4, -0.2) is 0 Å². The summed E-state index contributed by atoms with van der Waals surface area (Å²) >= 11 is 7.49. The van der Waals surface area contributed by atoms with Crippen LogP contribution in [0.5, 0.6) is 0 Å². The molecule has 0 saturated heterocycles. The standard InChI is InChI=1S/C28H16Br2/c29-25-7-3-1-5-21(25)19-13-9-17-12-16-24-20(22-6-2-4-8-26(22)30)14-10-18-11-15-23(19)27(17)28(18)24/h1-16H. The first kappa shape index (κ1) is 18.1. The van der Waals surface area contributed by atoms with Crippen LogP contribution in [0.1, 0.15) is 0 Å². The molecule has 0 amide bonds. The minimum Gasteiger partial charge on any atom is -0.0616 e. The second kappa shape index (κ2) is 6.94. The van der Waals surface area contributed by atoms with Gasteiger partial charge in [-0.25, -0.2) is 0 Å². The maximum absolute atomic E-state index is 3.75. The summed E-state index contributed by atoms with van der Waals surface area (Å²) in [6.07, 6.45) is 0. The summed E-state index contributed by atoms with van der Waals surface area (Å²) in [6, 6.07) is 35.0. The molecule has 0 saturated carbocycles. The van der Waals surface area contributed by atoms with E-state index in [1.807, 2.05) is 0 Å². The first-order valence-corrected chi connectivity index (χ1v) is 11.5. The Kier molecular flexibility index (Phi) is 4.19. The van der Waals surface area contributed by atoms with Crippen LogP contribution in [0.2, 0.25) is 0 Å². The Morgan fingerprint density at radius 1 is 0.367 bits per heavy atom. The molecule has 0 atom stereocenters. The zero-order valence-electron chi connectivity index (χ0n) is 16.0. The summed E-state index contributed by atoms with van der Waals surface area (Å²) in [6.45, 7) is 0. The molecule has 0 heterocycles. The average Bonchev–Trinajstić information content (AvgIpc) is 2.78. The van der Waals surface area contributed by atoms with Crippen molar-refractivity contribution in [2.24, 2.45) is 0 Å². The molecule has 0 unspecified atom stereocenters. The van der Waals surface area contributed by atoms with Gasteiger partial charge >= 0.3 is 0 Å². The molecule has 0 spiro atoms. The van der Waals surface area contributed by atoms with Gasteiger partial charge in [0.2, 0.25) is 0 Å². The number of benzene rings is 6. The third-order valence-electron chi connectivity index (χ3n) is 5.99. The number of hydrogen-bond acceptors (Lipinski definition) is 0. The maximum Gasteiger partial charge on any atom is 0.0253 e. The van der Waals surface area contributed by atoms with Gasteiger partial charge in [0.15, 0.2) is 0 Å². The van der Waals surface area contributed by atoms with Crippen molar-refractivity contribution < 1.29 is 0 Å². The first-order valence-electron chi connectivity index (χ1n) is 9.93. The summed E-state index contributed by atoms with van der Waals surface area (Å²) in [5.74, 6) is 0. The van der Waals surface area contributed by atoms with Crippen LogP contribution in [0.4, 0.5) is 0 Å². The lowest BCUT2D eigenvalue weighted by molar-refractivity contribution is 1.61. The normalized spacial score (nSPS) is 11.7. The van der Waals surface area contributed by atoms with E-state index in [0.29, 0.717) is 0 Å². The molecule has 0 bridgehead atoms. The molecule has 6 aromatic rings. The zero-order valence-corrected chi connectivity index (χ0v) is 19.2. The van der Waals surface area contributed by atoms with Gasteiger partial charge in [-0.05, 0) is 66.7 Å². The lowest BCUT2D eigenvalue weighted by atomic mass is 9.87. The predicted molar refractivity (Wildman–Crippen MR) is 136 cm³/mol. The maximum atomic E-state index is 3.75. The molecule has 6 rings (SSSR count). The molecule has 0 N–H and O–H groups in total. The van der Waals surface area contributed by atoms with E-state index >= 15 is 0 Å². The van der Waals surface area contributed by atoms with Crippen molar-refractivity contribution in [1.29, 1.82) is 0 Å². The summed E-state index contributed by atoms with van der Waals surface area (Å²) in [5, 5.41) is 7.83. The highest BCUT2D eigenvalue weighted by Gasteiger charge is 2.16. The van der Waals surface area contributed by atoms with E-state index in [2.05, 4.69) is 129 Å². The van der Waals surface area contributed by atoms with Gasteiger partial charge in [-0.15, -0.1) is 0 Å². The quantitative estimate of drug-likeness (QED) is 0.203. The molecule has 0 aliphatic rings. The SMILES string of the molecule is Brc1ccccc1-c1ccc2ccc3c(-c4ccccc4Br)ccc4ccc1c2c43. The van der Waals surface area contributed by atoms with Crippen molar-refractivity contribution in [2.75, 3.05) is 0 Å². The lowest BCUT2D eigenvalue weighted by Gasteiger charge is -2.17. The molecular weight excluding hydrogens is 496 g/mol. The molecule has 30 heavy (non-hydrogen) atoms. The molecule has 0 nitrogen and oxygen atoms in total. The summed E-state index contributed by atoms with van der Waals surface area (Å²) in [4.78, 5) is 0. The molecule has 0 aliphatic carbocycles. The molecule has 0 radical (unpaired) electrons. The smallest absolute Gasteiger partial charge is 0.0253 e. The average molecular weight is 512 g/mol. The van der Waals surface area contributed by atoms with E-state index < -0.39 is 0 Å². The Morgan fingerprint density at radius 3 is 1.20 bits per heavy atom. The van der Waals surface area contributed by atoms with E-state index in [1.54, 1.807) is 0 Å². The largest absolute Gasteiger partial charge is 0.0616 e. The minimum atomic E-state index is 1.12. The van der Waals surface area contributed by atoms with E-state index in [-0.39, 0.29) is 0 Å².